The number of piperidine rings is 1. The van der Waals surface area contributed by atoms with E-state index in [1.165, 1.54) is 0 Å². The minimum atomic E-state index is -3.46. The number of methoxy groups -OCH3 is 2. The van der Waals surface area contributed by atoms with Crippen LogP contribution in [0.1, 0.15) is 35.6 Å². The van der Waals surface area contributed by atoms with Crippen LogP contribution >= 0.6 is 15.9 Å². The van der Waals surface area contributed by atoms with E-state index in [-0.39, 0.29) is 12.1 Å². The molecule has 1 N–H and O–H groups in total. The lowest BCUT2D eigenvalue weighted by molar-refractivity contribution is 0.182. The zero-order valence-corrected chi connectivity index (χ0v) is 24.2. The second kappa shape index (κ2) is 12.2. The lowest BCUT2D eigenvalue weighted by Crippen LogP contribution is -2.48. The minimum Gasteiger partial charge on any atom is -0.493 e. The Kier molecular flexibility index (Phi) is 8.99. The van der Waals surface area contributed by atoms with Gasteiger partial charge in [0, 0.05) is 17.6 Å². The molecular formula is C29H33BrN2O5S. The molecule has 1 saturated heterocycles. The smallest absolute Gasteiger partial charge is 0.317 e. The van der Waals surface area contributed by atoms with Gasteiger partial charge in [-0.25, -0.2) is 13.2 Å². The van der Waals surface area contributed by atoms with Crippen molar-refractivity contribution in [1.29, 1.82) is 0 Å². The lowest BCUT2D eigenvalue weighted by atomic mass is 9.95. The summed E-state index contributed by atoms with van der Waals surface area (Å²) in [7, 11) is -0.284. The van der Waals surface area contributed by atoms with Gasteiger partial charge in [-0.2, -0.15) is 0 Å². The van der Waals surface area contributed by atoms with Crippen molar-refractivity contribution in [3.8, 4) is 11.5 Å². The highest BCUT2D eigenvalue weighted by Crippen LogP contribution is 2.32. The van der Waals surface area contributed by atoms with Gasteiger partial charge in [-0.1, -0.05) is 46.3 Å². The summed E-state index contributed by atoms with van der Waals surface area (Å²) in [5.41, 5.74) is 3.17. The fourth-order valence-electron chi connectivity index (χ4n) is 4.81. The first kappa shape index (κ1) is 28.0. The van der Waals surface area contributed by atoms with Gasteiger partial charge < -0.3 is 19.7 Å². The van der Waals surface area contributed by atoms with Gasteiger partial charge in [-0.05, 0) is 79.3 Å². The predicted octanol–water partition coefficient (Wildman–Crippen LogP) is 5.71. The predicted molar refractivity (Wildman–Crippen MR) is 152 cm³/mol. The van der Waals surface area contributed by atoms with Crippen molar-refractivity contribution in [2.45, 2.75) is 42.4 Å². The zero-order chi connectivity index (χ0) is 27.3. The minimum absolute atomic E-state index is 0.210. The average molecular weight is 602 g/mol. The Morgan fingerprint density at radius 2 is 1.66 bits per heavy atom. The summed E-state index contributed by atoms with van der Waals surface area (Å²) in [5.74, 6) is 1.21. The highest BCUT2D eigenvalue weighted by molar-refractivity contribution is 9.10. The number of nitrogens with one attached hydrogen (secondary N) is 1. The van der Waals surface area contributed by atoms with Crippen LogP contribution in [0, 0.1) is 6.92 Å². The van der Waals surface area contributed by atoms with Gasteiger partial charge in [0.1, 0.15) is 0 Å². The molecule has 0 radical (unpaired) electrons. The molecule has 9 heteroatoms. The van der Waals surface area contributed by atoms with Crippen molar-refractivity contribution in [1.82, 2.24) is 10.2 Å². The first-order chi connectivity index (χ1) is 18.2. The molecular weight excluding hydrogens is 568 g/mol. The fourth-order valence-corrected chi connectivity index (χ4v) is 6.80. The largest absolute Gasteiger partial charge is 0.493 e. The third-order valence-corrected chi connectivity index (χ3v) is 9.91. The number of sulfone groups is 1. The second-order valence-corrected chi connectivity index (χ2v) is 12.6. The number of ether oxygens (including phenoxy) is 2. The van der Waals surface area contributed by atoms with Gasteiger partial charge in [0.15, 0.2) is 21.3 Å². The van der Waals surface area contributed by atoms with Gasteiger partial charge in [0.25, 0.3) is 0 Å². The Hall–Kier alpha value is -3.04. The standard InChI is InChI=1S/C29H33BrN2O5S/c1-20-6-4-5-7-21(20)18-26(22-8-13-27(36-2)28(19-22)37-3)31-29(33)32-16-14-25(15-17-32)38(34,35)24-11-9-23(30)10-12-24/h4-13,19,25-26H,14-18H2,1-3H3,(H,31,33). The summed E-state index contributed by atoms with van der Waals surface area (Å²) in [6.07, 6.45) is 1.39. The van der Waals surface area contributed by atoms with Gasteiger partial charge in [-0.15, -0.1) is 0 Å². The molecule has 1 aliphatic rings. The molecule has 0 bridgehead atoms. The Bertz CT molecular complexity index is 1370. The second-order valence-electron chi connectivity index (χ2n) is 9.43. The molecule has 1 unspecified atom stereocenters. The number of rotatable bonds is 8. The van der Waals surface area contributed by atoms with Crippen LogP contribution in [-0.4, -0.2) is 51.9 Å². The summed E-state index contributed by atoms with van der Waals surface area (Å²) in [5, 5.41) is 2.68. The Balaban J connectivity index is 1.49. The topological polar surface area (TPSA) is 84.9 Å². The molecule has 38 heavy (non-hydrogen) atoms. The molecule has 1 fully saturated rings. The number of aryl methyl sites for hydroxylation is 1. The van der Waals surface area contributed by atoms with E-state index in [9.17, 15) is 13.2 Å². The number of likely N-dealkylation sites (tertiary alicyclic amines) is 1. The third-order valence-electron chi connectivity index (χ3n) is 7.10. The lowest BCUT2D eigenvalue weighted by Gasteiger charge is -2.33. The maximum atomic E-state index is 13.4. The molecule has 0 aliphatic carbocycles. The van der Waals surface area contributed by atoms with Crippen LogP contribution in [0.25, 0.3) is 0 Å². The van der Waals surface area contributed by atoms with Crippen molar-refractivity contribution in [3.05, 3.63) is 87.9 Å². The number of carbonyl (C=O) groups is 1. The third kappa shape index (κ3) is 6.32. The molecule has 4 rings (SSSR count). The number of amides is 2. The van der Waals surface area contributed by atoms with Gasteiger partial charge in [0.2, 0.25) is 0 Å². The van der Waals surface area contributed by atoms with E-state index < -0.39 is 15.1 Å². The molecule has 2 amide bonds. The average Bonchev–Trinajstić information content (AvgIpc) is 2.93. The number of urea groups is 1. The molecule has 3 aromatic rings. The molecule has 0 spiro atoms. The number of hydrogen-bond acceptors (Lipinski definition) is 5. The Morgan fingerprint density at radius 1 is 1.00 bits per heavy atom. The normalized spacial score (nSPS) is 15.1. The van der Waals surface area contributed by atoms with Gasteiger partial charge in [0.05, 0.1) is 30.4 Å². The number of hydrogen-bond donors (Lipinski definition) is 1. The van der Waals surface area contributed by atoms with Crippen molar-refractivity contribution >= 4 is 31.8 Å². The fraction of sp³-hybridized carbons (Fsp3) is 0.345. The monoisotopic (exact) mass is 600 g/mol. The summed E-state index contributed by atoms with van der Waals surface area (Å²) in [6, 6.07) is 20.0. The summed E-state index contributed by atoms with van der Waals surface area (Å²) in [4.78, 5) is 15.4. The first-order valence-corrected chi connectivity index (χ1v) is 14.9. The molecule has 202 valence electrons. The molecule has 1 aliphatic heterocycles. The van der Waals surface area contributed by atoms with Crippen molar-refractivity contribution < 1.29 is 22.7 Å². The molecule has 3 aromatic carbocycles. The van der Waals surface area contributed by atoms with Crippen LogP contribution in [0.5, 0.6) is 11.5 Å². The van der Waals surface area contributed by atoms with E-state index in [0.717, 1.165) is 21.2 Å². The van der Waals surface area contributed by atoms with Crippen LogP contribution < -0.4 is 14.8 Å². The van der Waals surface area contributed by atoms with E-state index in [4.69, 9.17) is 9.47 Å². The van der Waals surface area contributed by atoms with Crippen LogP contribution in [0.2, 0.25) is 0 Å². The van der Waals surface area contributed by atoms with E-state index >= 15 is 0 Å². The van der Waals surface area contributed by atoms with E-state index in [1.54, 1.807) is 43.4 Å². The number of carbonyl (C=O) groups excluding carboxylic acids is 1. The van der Waals surface area contributed by atoms with E-state index in [2.05, 4.69) is 40.3 Å². The highest BCUT2D eigenvalue weighted by atomic mass is 79.9. The van der Waals surface area contributed by atoms with E-state index in [1.807, 2.05) is 30.3 Å². The summed E-state index contributed by atoms with van der Waals surface area (Å²) in [6.45, 7) is 2.80. The van der Waals surface area contributed by atoms with Crippen LogP contribution in [0.4, 0.5) is 4.79 Å². The quantitative estimate of drug-likeness (QED) is 0.358. The molecule has 1 heterocycles. The van der Waals surface area contributed by atoms with Gasteiger partial charge in [-0.3, -0.25) is 0 Å². The maximum absolute atomic E-state index is 13.4. The summed E-state index contributed by atoms with van der Waals surface area (Å²) < 4.78 is 38.0. The summed E-state index contributed by atoms with van der Waals surface area (Å²) >= 11 is 3.35. The van der Waals surface area contributed by atoms with Crippen LogP contribution in [-0.2, 0) is 16.3 Å². The number of nitrogens with zero attached hydrogens (tertiary/aromatic N) is 1. The molecule has 1 atom stereocenters. The Labute approximate surface area is 233 Å². The van der Waals surface area contributed by atoms with E-state index in [0.29, 0.717) is 48.7 Å². The number of benzene rings is 3. The number of halogens is 1. The van der Waals surface area contributed by atoms with Crippen molar-refractivity contribution in [3.63, 3.8) is 0 Å². The molecule has 0 saturated carbocycles. The van der Waals surface area contributed by atoms with Crippen LogP contribution in [0.3, 0.4) is 0 Å². The highest BCUT2D eigenvalue weighted by Gasteiger charge is 2.33. The first-order valence-electron chi connectivity index (χ1n) is 12.5. The van der Waals surface area contributed by atoms with Crippen molar-refractivity contribution in [2.75, 3.05) is 27.3 Å². The SMILES string of the molecule is COc1ccc(C(Cc2ccccc2C)NC(=O)N2CCC(S(=O)(=O)c3ccc(Br)cc3)CC2)cc1OC. The molecule has 7 nitrogen and oxygen atoms in total. The zero-order valence-electron chi connectivity index (χ0n) is 21.8. The van der Waals surface area contributed by atoms with Crippen molar-refractivity contribution in [2.24, 2.45) is 0 Å². The molecule has 0 aromatic heterocycles. The maximum Gasteiger partial charge on any atom is 0.317 e. The van der Waals surface area contributed by atoms with Gasteiger partial charge >= 0.3 is 6.03 Å². The Morgan fingerprint density at radius 3 is 2.29 bits per heavy atom. The van der Waals surface area contributed by atoms with Crippen LogP contribution in [0.15, 0.2) is 76.1 Å².